The third-order valence-corrected chi connectivity index (χ3v) is 6.39. The molecule has 2 aromatic heterocycles. The molecular weight excluding hydrogens is 460 g/mol. The van der Waals surface area contributed by atoms with E-state index in [1.165, 1.54) is 18.4 Å². The lowest BCUT2D eigenvalue weighted by Crippen LogP contribution is -2.49. The predicted molar refractivity (Wildman–Crippen MR) is 122 cm³/mol. The molecule has 0 radical (unpaired) electrons. The van der Waals surface area contributed by atoms with Crippen LogP contribution in [0.4, 0.5) is 5.88 Å². The Bertz CT molecular complexity index is 1270. The molecular formula is C22H24N6O5S. The molecule has 1 fully saturated rings. The first kappa shape index (κ1) is 23.5. The molecule has 4 rings (SSSR count). The first-order valence-corrected chi connectivity index (χ1v) is 12.2. The second-order valence-corrected chi connectivity index (χ2v) is 9.38. The lowest BCUT2D eigenvalue weighted by molar-refractivity contribution is -0.122. The number of amides is 1. The molecule has 3 heterocycles. The number of anilines is 1. The van der Waals surface area contributed by atoms with Crippen molar-refractivity contribution in [1.29, 1.82) is 5.26 Å². The fraction of sp³-hybridized carbons (Fsp3) is 0.318. The number of rotatable bonds is 8. The van der Waals surface area contributed by atoms with Crippen molar-refractivity contribution >= 4 is 21.8 Å². The molecule has 1 aliphatic rings. The van der Waals surface area contributed by atoms with Gasteiger partial charge >= 0.3 is 0 Å². The van der Waals surface area contributed by atoms with Gasteiger partial charge in [0, 0.05) is 32.7 Å². The Morgan fingerprint density at radius 3 is 2.53 bits per heavy atom. The van der Waals surface area contributed by atoms with Crippen LogP contribution in [0.5, 0.6) is 0 Å². The number of furan rings is 1. The van der Waals surface area contributed by atoms with Crippen molar-refractivity contribution in [2.45, 2.75) is 11.3 Å². The Morgan fingerprint density at radius 2 is 1.91 bits per heavy atom. The van der Waals surface area contributed by atoms with Gasteiger partial charge in [-0.05, 0) is 36.2 Å². The minimum Gasteiger partial charge on any atom is -0.459 e. The zero-order chi connectivity index (χ0) is 24.1. The lowest BCUT2D eigenvalue weighted by atomic mass is 10.1. The number of hydrogen-bond donors (Lipinski definition) is 2. The van der Waals surface area contributed by atoms with Gasteiger partial charge in [-0.25, -0.2) is 13.6 Å². The minimum atomic E-state index is -3.71. The van der Waals surface area contributed by atoms with Gasteiger partial charge in [-0.1, -0.05) is 12.1 Å². The molecule has 11 nitrogen and oxygen atoms in total. The van der Waals surface area contributed by atoms with E-state index in [1.54, 1.807) is 24.3 Å². The van der Waals surface area contributed by atoms with E-state index in [9.17, 15) is 18.5 Å². The topological polar surface area (TPSA) is 159 Å². The monoisotopic (exact) mass is 484 g/mol. The second-order valence-electron chi connectivity index (χ2n) is 7.81. The zero-order valence-corrected chi connectivity index (χ0v) is 19.1. The maximum Gasteiger partial charge on any atom is 0.266 e. The van der Waals surface area contributed by atoms with Gasteiger partial charge in [0.05, 0.1) is 17.7 Å². The normalized spacial score (nSPS) is 14.6. The van der Waals surface area contributed by atoms with Gasteiger partial charge in [0.15, 0.2) is 5.76 Å². The molecule has 1 saturated heterocycles. The van der Waals surface area contributed by atoms with Crippen LogP contribution in [0.15, 0.2) is 56.4 Å². The highest BCUT2D eigenvalue weighted by Gasteiger charge is 2.26. The smallest absolute Gasteiger partial charge is 0.266 e. The average Bonchev–Trinajstić information content (AvgIpc) is 3.49. The molecule has 34 heavy (non-hydrogen) atoms. The number of carbonyl (C=O) groups excluding carboxylic acids is 1. The van der Waals surface area contributed by atoms with Gasteiger partial charge in [-0.2, -0.15) is 10.2 Å². The van der Waals surface area contributed by atoms with Crippen LogP contribution in [0.2, 0.25) is 0 Å². The van der Waals surface area contributed by atoms with E-state index in [2.05, 4.69) is 16.4 Å². The molecule has 12 heteroatoms. The molecule has 0 spiro atoms. The van der Waals surface area contributed by atoms with Crippen LogP contribution < -0.4 is 15.4 Å². The summed E-state index contributed by atoms with van der Waals surface area (Å²) in [7, 11) is -3.71. The van der Waals surface area contributed by atoms with Gasteiger partial charge in [0.25, 0.3) is 5.89 Å². The number of hydrogen-bond acceptors (Lipinski definition) is 9. The maximum absolute atomic E-state index is 12.3. The summed E-state index contributed by atoms with van der Waals surface area (Å²) >= 11 is 0. The van der Waals surface area contributed by atoms with E-state index in [0.29, 0.717) is 50.8 Å². The highest BCUT2D eigenvalue weighted by atomic mass is 32.2. The number of nitrogens with one attached hydrogen (secondary N) is 1. The Morgan fingerprint density at radius 1 is 1.18 bits per heavy atom. The summed E-state index contributed by atoms with van der Waals surface area (Å²) in [6.07, 6.45) is 2.09. The van der Waals surface area contributed by atoms with Crippen molar-refractivity contribution in [2.24, 2.45) is 5.14 Å². The van der Waals surface area contributed by atoms with Crippen molar-refractivity contribution in [2.75, 3.05) is 44.2 Å². The quantitative estimate of drug-likeness (QED) is 0.474. The number of oxazole rings is 1. The molecule has 3 N–H and O–H groups in total. The molecule has 1 aromatic carbocycles. The Balaban J connectivity index is 1.23. The van der Waals surface area contributed by atoms with Crippen molar-refractivity contribution in [3.05, 3.63) is 53.9 Å². The largest absolute Gasteiger partial charge is 0.459 e. The highest BCUT2D eigenvalue weighted by Crippen LogP contribution is 2.29. The molecule has 3 aromatic rings. The zero-order valence-electron chi connectivity index (χ0n) is 18.3. The Hall–Kier alpha value is -3.66. The third kappa shape index (κ3) is 5.63. The Kier molecular flexibility index (Phi) is 6.97. The van der Waals surface area contributed by atoms with Crippen molar-refractivity contribution in [3.8, 4) is 17.7 Å². The number of aromatic nitrogens is 1. The number of piperazine rings is 1. The van der Waals surface area contributed by atoms with Crippen LogP contribution >= 0.6 is 0 Å². The van der Waals surface area contributed by atoms with E-state index in [-0.39, 0.29) is 28.9 Å². The standard InChI is InChI=1S/C22H24N6O5S/c23-14-18-22(33-21(26-18)19-2-1-13-32-19)28-11-9-27(10-12-28)15-20(29)25-8-7-16-3-5-17(6-4-16)34(24,30)31/h1-6,13H,7-12,15H2,(H,25,29)(H2,24,30,31). The van der Waals surface area contributed by atoms with Crippen molar-refractivity contribution < 1.29 is 22.0 Å². The molecule has 0 unspecified atom stereocenters. The summed E-state index contributed by atoms with van der Waals surface area (Å²) in [5.74, 6) is 1.04. The number of nitriles is 1. The highest BCUT2D eigenvalue weighted by molar-refractivity contribution is 7.89. The summed E-state index contributed by atoms with van der Waals surface area (Å²) in [6, 6.07) is 11.8. The molecule has 0 saturated carbocycles. The van der Waals surface area contributed by atoms with Crippen LogP contribution in [-0.2, 0) is 21.2 Å². The number of sulfonamides is 1. The van der Waals surface area contributed by atoms with E-state index in [1.807, 2.05) is 9.80 Å². The van der Waals surface area contributed by atoms with E-state index < -0.39 is 10.0 Å². The van der Waals surface area contributed by atoms with Crippen LogP contribution in [-0.4, -0.2) is 63.5 Å². The van der Waals surface area contributed by atoms with E-state index >= 15 is 0 Å². The molecule has 0 bridgehead atoms. The molecule has 0 atom stereocenters. The maximum atomic E-state index is 12.3. The first-order chi connectivity index (χ1) is 16.3. The van der Waals surface area contributed by atoms with E-state index in [0.717, 1.165) is 5.56 Å². The fourth-order valence-corrected chi connectivity index (χ4v) is 4.18. The van der Waals surface area contributed by atoms with Gasteiger partial charge in [0.1, 0.15) is 6.07 Å². The molecule has 0 aliphatic carbocycles. The average molecular weight is 485 g/mol. The van der Waals surface area contributed by atoms with Gasteiger partial charge in [-0.15, -0.1) is 0 Å². The fourth-order valence-electron chi connectivity index (χ4n) is 3.67. The van der Waals surface area contributed by atoms with Crippen molar-refractivity contribution in [1.82, 2.24) is 15.2 Å². The van der Waals surface area contributed by atoms with Crippen LogP contribution in [0.3, 0.4) is 0 Å². The van der Waals surface area contributed by atoms with Crippen LogP contribution in [0.25, 0.3) is 11.7 Å². The minimum absolute atomic E-state index is 0.0591. The summed E-state index contributed by atoms with van der Waals surface area (Å²) < 4.78 is 33.7. The second kappa shape index (κ2) is 10.1. The number of nitrogens with two attached hydrogens (primary N) is 1. The molecule has 1 amide bonds. The summed E-state index contributed by atoms with van der Waals surface area (Å²) in [6.45, 7) is 3.13. The van der Waals surface area contributed by atoms with E-state index in [4.69, 9.17) is 14.0 Å². The number of nitrogens with zero attached hydrogens (tertiary/aromatic N) is 4. The number of primary sulfonamides is 1. The number of carbonyl (C=O) groups is 1. The van der Waals surface area contributed by atoms with Gasteiger partial charge in [0.2, 0.25) is 27.5 Å². The Labute approximate surface area is 196 Å². The van der Waals surface area contributed by atoms with Gasteiger partial charge in [-0.3, -0.25) is 9.69 Å². The first-order valence-electron chi connectivity index (χ1n) is 10.6. The SMILES string of the molecule is N#Cc1nc(-c2ccco2)oc1N1CCN(CC(=O)NCCc2ccc(S(N)(=O)=O)cc2)CC1. The predicted octanol–water partition coefficient (Wildman–Crippen LogP) is 0.935. The summed E-state index contributed by atoms with van der Waals surface area (Å²) in [5.41, 5.74) is 1.10. The van der Waals surface area contributed by atoms with Crippen LogP contribution in [0, 0.1) is 11.3 Å². The van der Waals surface area contributed by atoms with Crippen molar-refractivity contribution in [3.63, 3.8) is 0 Å². The molecule has 1 aliphatic heterocycles. The third-order valence-electron chi connectivity index (χ3n) is 5.46. The lowest BCUT2D eigenvalue weighted by Gasteiger charge is -2.34. The summed E-state index contributed by atoms with van der Waals surface area (Å²) in [5, 5.41) is 17.4. The van der Waals surface area contributed by atoms with Gasteiger partial charge < -0.3 is 19.1 Å². The summed E-state index contributed by atoms with van der Waals surface area (Å²) in [4.78, 5) is 20.6. The van der Waals surface area contributed by atoms with Crippen LogP contribution in [0.1, 0.15) is 11.3 Å². The number of benzene rings is 1. The molecule has 178 valence electrons.